The Labute approximate surface area is 118 Å². The minimum atomic E-state index is -0.0915. The molecule has 0 bridgehead atoms. The molecule has 1 aromatic rings. The van der Waals surface area contributed by atoms with E-state index in [1.807, 2.05) is 6.92 Å². The Morgan fingerprint density at radius 3 is 2.65 bits per heavy atom. The van der Waals surface area contributed by atoms with Crippen molar-refractivity contribution < 1.29 is 9.90 Å². The molecular weight excluding hydrogens is 252 g/mol. The van der Waals surface area contributed by atoms with Gasteiger partial charge in [0.2, 0.25) is 0 Å². The van der Waals surface area contributed by atoms with Crippen molar-refractivity contribution in [1.82, 2.24) is 4.98 Å². The van der Waals surface area contributed by atoms with Crippen LogP contribution in [0.4, 0.5) is 5.82 Å². The zero-order valence-corrected chi connectivity index (χ0v) is 12.0. The number of aryl methyl sites for hydroxylation is 1. The molecule has 106 valence electrons. The summed E-state index contributed by atoms with van der Waals surface area (Å²) in [6.07, 6.45) is 8.15. The van der Waals surface area contributed by atoms with Gasteiger partial charge in [-0.05, 0) is 32.6 Å². The first-order valence-corrected chi connectivity index (χ1v) is 7.31. The van der Waals surface area contributed by atoms with Crippen molar-refractivity contribution in [3.05, 3.63) is 22.9 Å². The standard InChI is InChI=1S/C16H20N2O2/c1-9-13-12(8-11-6-4-3-5-7-11)16(20)18-15(13)17-10(2)14(9)19/h8,11,19H,3-7H2,1-2H3,(H,17,18,20). The zero-order chi connectivity index (χ0) is 14.3. The summed E-state index contributed by atoms with van der Waals surface area (Å²) in [6, 6.07) is 0. The highest BCUT2D eigenvalue weighted by molar-refractivity contribution is 6.31. The van der Waals surface area contributed by atoms with Crippen LogP contribution >= 0.6 is 0 Å². The molecule has 0 radical (unpaired) electrons. The van der Waals surface area contributed by atoms with E-state index in [-0.39, 0.29) is 11.7 Å². The SMILES string of the molecule is Cc1nc2c(c(C)c1O)C(=CC1CCCCC1)C(=O)N2. The highest BCUT2D eigenvalue weighted by Crippen LogP contribution is 2.39. The Bertz CT molecular complexity index is 599. The van der Waals surface area contributed by atoms with Crippen molar-refractivity contribution in [2.45, 2.75) is 46.0 Å². The van der Waals surface area contributed by atoms with Gasteiger partial charge in [-0.1, -0.05) is 25.3 Å². The largest absolute Gasteiger partial charge is 0.506 e. The second-order valence-corrected chi connectivity index (χ2v) is 5.83. The predicted octanol–water partition coefficient (Wildman–Crippen LogP) is 3.32. The third kappa shape index (κ3) is 2.09. The van der Waals surface area contributed by atoms with Crippen LogP contribution in [0.1, 0.15) is 48.9 Å². The van der Waals surface area contributed by atoms with Crippen LogP contribution in [0.2, 0.25) is 0 Å². The first kappa shape index (κ1) is 13.2. The van der Waals surface area contributed by atoms with Crippen molar-refractivity contribution in [3.63, 3.8) is 0 Å². The summed E-state index contributed by atoms with van der Waals surface area (Å²) in [4.78, 5) is 16.5. The van der Waals surface area contributed by atoms with Crippen LogP contribution in [0.3, 0.4) is 0 Å². The number of nitrogens with zero attached hydrogens (tertiary/aromatic N) is 1. The lowest BCUT2D eigenvalue weighted by Crippen LogP contribution is -2.08. The Morgan fingerprint density at radius 1 is 1.25 bits per heavy atom. The first-order chi connectivity index (χ1) is 9.58. The van der Waals surface area contributed by atoms with E-state index in [0.29, 0.717) is 23.0 Å². The van der Waals surface area contributed by atoms with Gasteiger partial charge >= 0.3 is 0 Å². The lowest BCUT2D eigenvalue weighted by atomic mass is 9.86. The summed E-state index contributed by atoms with van der Waals surface area (Å²) in [5.41, 5.74) is 2.77. The molecule has 2 N–H and O–H groups in total. The molecule has 0 spiro atoms. The number of hydrogen-bond acceptors (Lipinski definition) is 3. The first-order valence-electron chi connectivity index (χ1n) is 7.31. The van der Waals surface area contributed by atoms with Crippen LogP contribution < -0.4 is 5.32 Å². The van der Waals surface area contributed by atoms with Gasteiger partial charge in [0.25, 0.3) is 5.91 Å². The minimum absolute atomic E-state index is 0.0915. The number of aromatic hydroxyl groups is 1. The average molecular weight is 272 g/mol. The van der Waals surface area contributed by atoms with Crippen molar-refractivity contribution in [3.8, 4) is 5.75 Å². The molecule has 0 atom stereocenters. The molecule has 1 saturated carbocycles. The summed E-state index contributed by atoms with van der Waals surface area (Å²) < 4.78 is 0. The van der Waals surface area contributed by atoms with E-state index in [9.17, 15) is 9.90 Å². The van der Waals surface area contributed by atoms with Gasteiger partial charge < -0.3 is 10.4 Å². The van der Waals surface area contributed by atoms with Crippen molar-refractivity contribution in [2.75, 3.05) is 5.32 Å². The van der Waals surface area contributed by atoms with Crippen LogP contribution in [-0.2, 0) is 4.79 Å². The topological polar surface area (TPSA) is 62.2 Å². The van der Waals surface area contributed by atoms with E-state index in [0.717, 1.165) is 24.0 Å². The number of carbonyl (C=O) groups is 1. The fourth-order valence-corrected chi connectivity index (χ4v) is 3.25. The molecule has 2 heterocycles. The zero-order valence-electron chi connectivity index (χ0n) is 12.0. The molecule has 0 unspecified atom stereocenters. The second-order valence-electron chi connectivity index (χ2n) is 5.83. The highest BCUT2D eigenvalue weighted by atomic mass is 16.3. The van der Waals surface area contributed by atoms with Crippen LogP contribution in [-0.4, -0.2) is 16.0 Å². The summed E-state index contributed by atoms with van der Waals surface area (Å²) in [7, 11) is 0. The average Bonchev–Trinajstić information content (AvgIpc) is 2.74. The Morgan fingerprint density at radius 2 is 1.95 bits per heavy atom. The smallest absolute Gasteiger partial charge is 0.257 e. The van der Waals surface area contributed by atoms with Gasteiger partial charge in [-0.2, -0.15) is 0 Å². The van der Waals surface area contributed by atoms with Crippen molar-refractivity contribution in [2.24, 2.45) is 5.92 Å². The Hall–Kier alpha value is -1.84. The fraction of sp³-hybridized carbons (Fsp3) is 0.500. The van der Waals surface area contributed by atoms with Crippen molar-refractivity contribution >= 4 is 17.3 Å². The number of anilines is 1. The third-order valence-corrected chi connectivity index (χ3v) is 4.39. The molecule has 2 aliphatic rings. The number of aromatic nitrogens is 1. The summed E-state index contributed by atoms with van der Waals surface area (Å²) in [6.45, 7) is 3.59. The Balaban J connectivity index is 2.05. The number of amides is 1. The molecule has 4 heteroatoms. The quantitative estimate of drug-likeness (QED) is 0.771. The molecule has 1 fully saturated rings. The van der Waals surface area contributed by atoms with Gasteiger partial charge in [-0.3, -0.25) is 4.79 Å². The van der Waals surface area contributed by atoms with E-state index >= 15 is 0 Å². The maximum atomic E-state index is 12.2. The number of carbonyl (C=O) groups excluding carboxylic acids is 1. The summed E-state index contributed by atoms with van der Waals surface area (Å²) in [5.74, 6) is 1.16. The van der Waals surface area contributed by atoms with E-state index in [4.69, 9.17) is 0 Å². The molecule has 4 nitrogen and oxygen atoms in total. The van der Waals surface area contributed by atoms with E-state index in [1.54, 1.807) is 6.92 Å². The third-order valence-electron chi connectivity index (χ3n) is 4.39. The van der Waals surface area contributed by atoms with Crippen LogP contribution in [0.5, 0.6) is 5.75 Å². The van der Waals surface area contributed by atoms with Crippen molar-refractivity contribution in [1.29, 1.82) is 0 Å². The number of hydrogen-bond donors (Lipinski definition) is 2. The van der Waals surface area contributed by atoms with Gasteiger partial charge in [-0.25, -0.2) is 4.98 Å². The molecule has 1 aliphatic carbocycles. The van der Waals surface area contributed by atoms with Crippen LogP contribution in [0.25, 0.3) is 5.57 Å². The Kier molecular flexibility index (Phi) is 3.24. The van der Waals surface area contributed by atoms with Crippen LogP contribution in [0, 0.1) is 19.8 Å². The predicted molar refractivity (Wildman–Crippen MR) is 78.6 cm³/mol. The second kappa shape index (κ2) is 4.93. The maximum absolute atomic E-state index is 12.2. The monoisotopic (exact) mass is 272 g/mol. The lowest BCUT2D eigenvalue weighted by molar-refractivity contribution is -0.110. The number of nitrogens with one attached hydrogen (secondary N) is 1. The maximum Gasteiger partial charge on any atom is 0.257 e. The molecule has 3 rings (SSSR count). The molecule has 0 saturated heterocycles. The van der Waals surface area contributed by atoms with Gasteiger partial charge in [0.1, 0.15) is 11.6 Å². The van der Waals surface area contributed by atoms with Gasteiger partial charge in [0.05, 0.1) is 5.69 Å². The molecule has 20 heavy (non-hydrogen) atoms. The minimum Gasteiger partial charge on any atom is -0.506 e. The van der Waals surface area contributed by atoms with E-state index < -0.39 is 0 Å². The van der Waals surface area contributed by atoms with Crippen LogP contribution in [0.15, 0.2) is 6.08 Å². The molecular formula is C16H20N2O2. The normalized spacial score (nSPS) is 21.1. The number of rotatable bonds is 1. The lowest BCUT2D eigenvalue weighted by Gasteiger charge is -2.18. The number of fused-ring (bicyclic) bond motifs is 1. The van der Waals surface area contributed by atoms with Gasteiger partial charge in [-0.15, -0.1) is 0 Å². The molecule has 1 aromatic heterocycles. The molecule has 0 aromatic carbocycles. The molecule has 1 aliphatic heterocycles. The number of pyridine rings is 1. The van der Waals surface area contributed by atoms with E-state index in [2.05, 4.69) is 16.4 Å². The van der Waals surface area contributed by atoms with Gasteiger partial charge in [0.15, 0.2) is 0 Å². The highest BCUT2D eigenvalue weighted by Gasteiger charge is 2.30. The van der Waals surface area contributed by atoms with E-state index in [1.165, 1.54) is 19.3 Å². The molecule has 1 amide bonds. The van der Waals surface area contributed by atoms with Gasteiger partial charge in [0, 0.05) is 16.7 Å². The summed E-state index contributed by atoms with van der Waals surface area (Å²) in [5, 5.41) is 12.9. The fourth-order valence-electron chi connectivity index (χ4n) is 3.25. The summed E-state index contributed by atoms with van der Waals surface area (Å²) >= 11 is 0. The number of allylic oxidation sites excluding steroid dienone is 1.